The smallest absolute Gasteiger partial charge is 0.306 e. The molecule has 0 fully saturated rings. The van der Waals surface area contributed by atoms with Crippen LogP contribution < -0.4 is 9.67 Å². The first-order valence-corrected chi connectivity index (χ1v) is 4.89. The van der Waals surface area contributed by atoms with Crippen LogP contribution in [0.25, 0.3) is 0 Å². The zero-order valence-corrected chi connectivity index (χ0v) is 9.17. The topological polar surface area (TPSA) is 70.3 Å². The number of hydrogen-bond acceptors (Lipinski definition) is 4. The Kier molecular flexibility index (Phi) is 2.61. The summed E-state index contributed by atoms with van der Waals surface area (Å²) in [4.78, 5) is 22.5. The first-order chi connectivity index (χ1) is 9.95. The molecule has 0 radical (unpaired) electrons. The van der Waals surface area contributed by atoms with Crippen LogP contribution >= 0.6 is 0 Å². The van der Waals surface area contributed by atoms with Gasteiger partial charge in [0.25, 0.3) is 0 Å². The van der Waals surface area contributed by atoms with Crippen molar-refractivity contribution in [3.8, 4) is 0 Å². The Hall–Kier alpha value is -1.91. The third-order valence-electron chi connectivity index (χ3n) is 2.19. The molecular formula is C12H15NO4. The summed E-state index contributed by atoms with van der Waals surface area (Å²) in [7, 11) is -2.86. The number of carbonyl (C=O) groups excluding carboxylic acids is 2. The average Bonchev–Trinajstić information content (AvgIpc) is 2.36. The van der Waals surface area contributed by atoms with E-state index in [-0.39, 0.29) is 12.1 Å². The van der Waals surface area contributed by atoms with Crippen molar-refractivity contribution < 1.29 is 30.9 Å². The Bertz CT molecular complexity index is 573. The van der Waals surface area contributed by atoms with Crippen molar-refractivity contribution in [1.29, 1.82) is 0 Å². The molecule has 0 N–H and O–H groups in total. The van der Waals surface area contributed by atoms with Gasteiger partial charge in [-0.25, -0.2) is 0 Å². The highest BCUT2D eigenvalue weighted by molar-refractivity contribution is 5.70. The summed E-state index contributed by atoms with van der Waals surface area (Å²) in [5.41, 5.74) is 0.194. The Morgan fingerprint density at radius 3 is 3.06 bits per heavy atom. The van der Waals surface area contributed by atoms with Gasteiger partial charge in [0.15, 0.2) is 18.4 Å². The predicted octanol–water partition coefficient (Wildman–Crippen LogP) is -0.609. The van der Waals surface area contributed by atoms with Gasteiger partial charge >= 0.3 is 5.97 Å². The molecule has 1 heterocycles. The quantitative estimate of drug-likeness (QED) is 0.510. The SMILES string of the molecule is [2H]C([2H])([2H])OC(=O)CC(C)c1cccc[n+]1C([2H])([2H])C(=O)[O-]. The fraction of sp³-hybridized carbons (Fsp3) is 0.417. The molecule has 0 aliphatic rings. The lowest BCUT2D eigenvalue weighted by atomic mass is 10.0. The molecule has 1 atom stereocenters. The molecule has 0 aliphatic carbocycles. The second-order valence-corrected chi connectivity index (χ2v) is 3.47. The van der Waals surface area contributed by atoms with Crippen LogP contribution in [0.3, 0.4) is 0 Å². The van der Waals surface area contributed by atoms with Crippen LogP contribution in [0, 0.1) is 0 Å². The van der Waals surface area contributed by atoms with Crippen LogP contribution in [-0.2, 0) is 20.8 Å². The highest BCUT2D eigenvalue weighted by Gasteiger charge is 2.20. The lowest BCUT2D eigenvalue weighted by Gasteiger charge is -2.10. The van der Waals surface area contributed by atoms with E-state index >= 15 is 0 Å². The van der Waals surface area contributed by atoms with Gasteiger partial charge in [0.1, 0.15) is 8.71 Å². The molecule has 1 rings (SSSR count). The van der Waals surface area contributed by atoms with Gasteiger partial charge in [-0.1, -0.05) is 13.0 Å². The number of carbonyl (C=O) groups is 2. The van der Waals surface area contributed by atoms with Gasteiger partial charge in [0.05, 0.1) is 23.5 Å². The van der Waals surface area contributed by atoms with Crippen LogP contribution in [0.2, 0.25) is 0 Å². The van der Waals surface area contributed by atoms with Crippen LogP contribution in [0.1, 0.15) is 31.8 Å². The molecule has 0 amide bonds. The molecule has 1 aromatic heterocycles. The van der Waals surface area contributed by atoms with Crippen LogP contribution in [0.5, 0.6) is 0 Å². The largest absolute Gasteiger partial charge is 0.544 e. The average molecular weight is 242 g/mol. The fourth-order valence-corrected chi connectivity index (χ4v) is 1.45. The monoisotopic (exact) mass is 242 g/mol. The third kappa shape index (κ3) is 3.86. The van der Waals surface area contributed by atoms with Gasteiger partial charge < -0.3 is 14.6 Å². The van der Waals surface area contributed by atoms with E-state index in [0.29, 0.717) is 0 Å². The number of rotatable bonds is 5. The van der Waals surface area contributed by atoms with Crippen molar-refractivity contribution in [3.63, 3.8) is 0 Å². The van der Waals surface area contributed by atoms with E-state index in [2.05, 4.69) is 4.74 Å². The van der Waals surface area contributed by atoms with Gasteiger partial charge in [0, 0.05) is 12.1 Å². The van der Waals surface area contributed by atoms with Crippen LogP contribution in [0.15, 0.2) is 24.4 Å². The molecule has 5 heteroatoms. The maximum atomic E-state index is 11.5. The number of nitrogens with zero attached hydrogens (tertiary/aromatic N) is 1. The number of methoxy groups -OCH3 is 1. The molecule has 0 aliphatic heterocycles. The molecule has 0 spiro atoms. The van der Waals surface area contributed by atoms with E-state index in [1.165, 1.54) is 25.3 Å². The zero-order valence-electron chi connectivity index (χ0n) is 14.2. The van der Waals surface area contributed by atoms with Crippen molar-refractivity contribution in [1.82, 2.24) is 0 Å². The van der Waals surface area contributed by atoms with E-state index in [9.17, 15) is 14.7 Å². The number of esters is 1. The number of ether oxygens (including phenoxy) is 1. The molecule has 1 unspecified atom stereocenters. The van der Waals surface area contributed by atoms with E-state index in [1.54, 1.807) is 6.07 Å². The number of aromatic nitrogens is 1. The number of carboxylic acids is 1. The van der Waals surface area contributed by atoms with Gasteiger partial charge in [-0.05, 0) is 0 Å². The lowest BCUT2D eigenvalue weighted by molar-refractivity contribution is -0.699. The van der Waals surface area contributed by atoms with Crippen LogP contribution in [-0.4, -0.2) is 19.0 Å². The normalized spacial score (nSPS) is 17.8. The summed E-state index contributed by atoms with van der Waals surface area (Å²) >= 11 is 0. The highest BCUT2D eigenvalue weighted by atomic mass is 16.5. The summed E-state index contributed by atoms with van der Waals surface area (Å²) in [6.45, 7) is -1.28. The second kappa shape index (κ2) is 5.98. The summed E-state index contributed by atoms with van der Waals surface area (Å²) in [5, 5.41) is 10.9. The minimum Gasteiger partial charge on any atom is -0.544 e. The van der Waals surface area contributed by atoms with Gasteiger partial charge in [-0.15, -0.1) is 0 Å². The second-order valence-electron chi connectivity index (χ2n) is 3.47. The van der Waals surface area contributed by atoms with E-state index in [4.69, 9.17) is 6.85 Å². The van der Waals surface area contributed by atoms with E-state index in [0.717, 1.165) is 4.57 Å². The molecule has 92 valence electrons. The Morgan fingerprint density at radius 1 is 1.65 bits per heavy atom. The summed E-state index contributed by atoms with van der Waals surface area (Å²) in [6.07, 6.45) is 0.863. The van der Waals surface area contributed by atoms with Crippen molar-refractivity contribution in [2.24, 2.45) is 0 Å². The molecule has 0 saturated carbocycles. The van der Waals surface area contributed by atoms with Crippen molar-refractivity contribution in [3.05, 3.63) is 30.1 Å². The van der Waals surface area contributed by atoms with Gasteiger partial charge in [0.2, 0.25) is 0 Å². The molecule has 0 aromatic carbocycles. The van der Waals surface area contributed by atoms with E-state index < -0.39 is 31.4 Å². The zero-order chi connectivity index (χ0) is 17.1. The fourth-order valence-electron chi connectivity index (χ4n) is 1.45. The molecule has 17 heavy (non-hydrogen) atoms. The summed E-state index contributed by atoms with van der Waals surface area (Å²) in [5.74, 6) is -3.58. The minimum absolute atomic E-state index is 0.194. The standard InChI is InChI=1S/C12H15NO4/c1-9(7-12(16)17-2)10-5-3-4-6-13(10)8-11(14)15/h3-6,9H,7-8H2,1-2H3/i2D3,8D2. The number of carboxylic acid groups (broad SMARTS) is 1. The molecule has 5 nitrogen and oxygen atoms in total. The maximum absolute atomic E-state index is 11.5. The Morgan fingerprint density at radius 2 is 2.41 bits per heavy atom. The molecular weight excluding hydrogens is 222 g/mol. The number of hydrogen-bond donors (Lipinski definition) is 0. The Balaban J connectivity index is 3.03. The number of aliphatic carboxylic acids is 1. The number of pyridine rings is 1. The molecule has 0 saturated heterocycles. The highest BCUT2D eigenvalue weighted by Crippen LogP contribution is 2.15. The summed E-state index contributed by atoms with van der Waals surface area (Å²) in [6, 6.07) is 4.41. The lowest BCUT2D eigenvalue weighted by Crippen LogP contribution is -2.47. The van der Waals surface area contributed by atoms with Crippen LogP contribution in [0.4, 0.5) is 0 Å². The van der Waals surface area contributed by atoms with Crippen molar-refractivity contribution >= 4 is 11.9 Å². The first-order valence-electron chi connectivity index (χ1n) is 7.39. The maximum Gasteiger partial charge on any atom is 0.306 e. The summed E-state index contributed by atoms with van der Waals surface area (Å²) < 4.78 is 40.7. The molecule has 1 aromatic rings. The van der Waals surface area contributed by atoms with E-state index in [1.807, 2.05) is 0 Å². The van der Waals surface area contributed by atoms with Crippen molar-refractivity contribution in [2.75, 3.05) is 7.04 Å². The predicted molar refractivity (Wildman–Crippen MR) is 56.7 cm³/mol. The van der Waals surface area contributed by atoms with Gasteiger partial charge in [-0.2, -0.15) is 4.57 Å². The minimum atomic E-state index is -2.86. The Labute approximate surface area is 107 Å². The van der Waals surface area contributed by atoms with Crippen molar-refractivity contribution in [2.45, 2.75) is 25.8 Å². The molecule has 0 bridgehead atoms. The van der Waals surface area contributed by atoms with Gasteiger partial charge in [-0.3, -0.25) is 4.79 Å². The third-order valence-corrected chi connectivity index (χ3v) is 2.19. The first kappa shape index (κ1) is 7.42.